The van der Waals surface area contributed by atoms with Crippen LogP contribution in [-0.4, -0.2) is 107 Å². The molecule has 0 saturated carbocycles. The van der Waals surface area contributed by atoms with Crippen LogP contribution in [0.15, 0.2) is 103 Å². The number of hydrogen-bond acceptors (Lipinski definition) is 9. The van der Waals surface area contributed by atoms with Crippen molar-refractivity contribution >= 4 is 28.7 Å². The molecule has 3 saturated heterocycles. The lowest BCUT2D eigenvalue weighted by Crippen LogP contribution is -2.52. The number of nitrogens with one attached hydrogen (secondary N) is 4. The van der Waals surface area contributed by atoms with Crippen LogP contribution in [0, 0.1) is 5.92 Å². The highest BCUT2D eigenvalue weighted by Gasteiger charge is 2.50. The van der Waals surface area contributed by atoms with E-state index >= 15 is 8.78 Å². The number of imidazole rings is 2. The zero-order valence-electron chi connectivity index (χ0n) is 36.3. The molecule has 6 aromatic rings. The number of rotatable bonds is 13. The molecule has 3 aliphatic rings. The van der Waals surface area contributed by atoms with E-state index in [9.17, 15) is 14.4 Å². The average Bonchev–Trinajstić information content (AvgIpc) is 4.18. The molecule has 3 fully saturated rings. The van der Waals surface area contributed by atoms with E-state index < -0.39 is 43.0 Å². The van der Waals surface area contributed by atoms with Gasteiger partial charge in [0.15, 0.2) is 0 Å². The minimum absolute atomic E-state index is 0.0855. The van der Waals surface area contributed by atoms with Crippen molar-refractivity contribution in [3.63, 3.8) is 0 Å². The molecule has 338 valence electrons. The molecule has 16 heteroatoms. The first-order chi connectivity index (χ1) is 31.6. The lowest BCUT2D eigenvalue weighted by atomic mass is 9.90. The van der Waals surface area contributed by atoms with Crippen molar-refractivity contribution in [1.29, 1.82) is 0 Å². The van der Waals surface area contributed by atoms with Gasteiger partial charge in [0.2, 0.25) is 5.91 Å². The summed E-state index contributed by atoms with van der Waals surface area (Å²) in [4.78, 5) is 59.2. The van der Waals surface area contributed by atoms with Gasteiger partial charge >= 0.3 is 6.09 Å². The standard InChI is InChI=1S/C49H52F2N8O6/c1-63-29-54-42(33-18-21-65-22-19-33)46(60)58-20-6-9-40(58)44-52-27-39(56-44)37-17-16-35-23-34(14-15-36(35)24-37)30-10-12-31(13-11-30)38-26-53-45(55-38)41-25-49(50,51)28-59(41)47(61)43(57-48(62)64-2)32-7-4-3-5-8-32/h3-5,7-8,10-17,23-24,26-27,33,40-43,54H,6,9,18-22,25,28-29H2,1-2H3,(H,52,56)(H,53,55)(H,57,62). The SMILES string of the molecule is COCNC(C(=O)N1CCCC1c1ncc(-c2ccc3cc(-c4ccc(-c5cnc(C6CC(F)(F)CN6C(=O)C(NC(=O)OC)c6ccccc6)[nH]5)cc4)ccc3c2)[nH]1)C1CCOCC1. The maximum absolute atomic E-state index is 15.0. The first-order valence-corrected chi connectivity index (χ1v) is 22.0. The predicted octanol–water partition coefficient (Wildman–Crippen LogP) is 7.95. The van der Waals surface area contributed by atoms with Gasteiger partial charge in [-0.05, 0) is 76.8 Å². The first kappa shape index (κ1) is 43.7. The summed E-state index contributed by atoms with van der Waals surface area (Å²) < 4.78 is 45.7. The number of carbonyl (C=O) groups excluding carboxylic acids is 3. The molecule has 3 amide bonds. The highest BCUT2D eigenvalue weighted by Crippen LogP contribution is 2.42. The second-order valence-electron chi connectivity index (χ2n) is 17.0. The number of fused-ring (bicyclic) bond motifs is 1. The fourth-order valence-corrected chi connectivity index (χ4v) is 9.48. The maximum atomic E-state index is 15.0. The summed E-state index contributed by atoms with van der Waals surface area (Å²) in [6.07, 6.45) is 5.36. The summed E-state index contributed by atoms with van der Waals surface area (Å²) in [5.74, 6) is -2.58. The van der Waals surface area contributed by atoms with Crippen molar-refractivity contribution in [2.45, 2.75) is 62.2 Å². The Morgan fingerprint density at radius 2 is 1.42 bits per heavy atom. The molecular weight excluding hydrogens is 835 g/mol. The Bertz CT molecular complexity index is 2630. The molecule has 4 atom stereocenters. The second-order valence-corrected chi connectivity index (χ2v) is 17.0. The normalized spacial score (nSPS) is 19.6. The molecule has 0 radical (unpaired) electrons. The number of methoxy groups -OCH3 is 2. The van der Waals surface area contributed by atoms with Gasteiger partial charge in [-0.25, -0.2) is 23.5 Å². The van der Waals surface area contributed by atoms with E-state index in [-0.39, 0.29) is 29.7 Å². The van der Waals surface area contributed by atoms with Crippen molar-refractivity contribution < 1.29 is 37.4 Å². The number of nitrogens with zero attached hydrogens (tertiary/aromatic N) is 4. The van der Waals surface area contributed by atoms with Crippen molar-refractivity contribution in [2.24, 2.45) is 5.92 Å². The third-order valence-electron chi connectivity index (χ3n) is 12.9. The number of halogens is 2. The fourth-order valence-electron chi connectivity index (χ4n) is 9.48. The van der Waals surface area contributed by atoms with Crippen LogP contribution in [0.3, 0.4) is 0 Å². The number of carbonyl (C=O) groups is 3. The average molecular weight is 887 g/mol. The van der Waals surface area contributed by atoms with E-state index in [1.54, 1.807) is 43.6 Å². The van der Waals surface area contributed by atoms with Crippen molar-refractivity contribution in [3.8, 4) is 33.6 Å². The van der Waals surface area contributed by atoms with Gasteiger partial charge < -0.3 is 39.3 Å². The number of hydrogen-bond donors (Lipinski definition) is 4. The summed E-state index contributed by atoms with van der Waals surface area (Å²) in [5.41, 5.74) is 5.72. The molecule has 2 aromatic heterocycles. The third-order valence-corrected chi connectivity index (χ3v) is 12.9. The van der Waals surface area contributed by atoms with Gasteiger partial charge in [0.25, 0.3) is 11.8 Å². The van der Waals surface area contributed by atoms with Crippen LogP contribution in [0.25, 0.3) is 44.4 Å². The number of aromatic nitrogens is 4. The molecular formula is C49H52F2N8O6. The minimum Gasteiger partial charge on any atom is -0.453 e. The van der Waals surface area contributed by atoms with Crippen LogP contribution in [0.4, 0.5) is 13.6 Å². The van der Waals surface area contributed by atoms with Crippen LogP contribution in [0.1, 0.15) is 67.4 Å². The number of H-pyrrole nitrogens is 2. The van der Waals surface area contributed by atoms with Crippen LogP contribution in [0.2, 0.25) is 0 Å². The zero-order chi connectivity index (χ0) is 45.1. The Balaban J connectivity index is 0.880. The molecule has 9 rings (SSSR count). The zero-order valence-corrected chi connectivity index (χ0v) is 36.3. The lowest BCUT2D eigenvalue weighted by molar-refractivity contribution is -0.137. The number of amides is 3. The summed E-state index contributed by atoms with van der Waals surface area (Å²) in [5, 5.41) is 7.97. The number of benzene rings is 4. The lowest BCUT2D eigenvalue weighted by Gasteiger charge is -2.34. The highest BCUT2D eigenvalue weighted by atomic mass is 19.3. The maximum Gasteiger partial charge on any atom is 0.407 e. The van der Waals surface area contributed by atoms with E-state index in [1.807, 2.05) is 35.4 Å². The smallest absolute Gasteiger partial charge is 0.407 e. The largest absolute Gasteiger partial charge is 0.453 e. The van der Waals surface area contributed by atoms with Crippen molar-refractivity contribution in [1.82, 2.24) is 40.4 Å². The molecule has 0 aliphatic carbocycles. The van der Waals surface area contributed by atoms with Crippen LogP contribution < -0.4 is 10.6 Å². The van der Waals surface area contributed by atoms with Gasteiger partial charge in [-0.1, -0.05) is 78.9 Å². The molecule has 3 aliphatic heterocycles. The van der Waals surface area contributed by atoms with Crippen LogP contribution in [0.5, 0.6) is 0 Å². The fraction of sp³-hybridized carbons (Fsp3) is 0.367. The van der Waals surface area contributed by atoms with Gasteiger partial charge in [-0.2, -0.15) is 0 Å². The Morgan fingerprint density at radius 3 is 2.11 bits per heavy atom. The van der Waals surface area contributed by atoms with E-state index in [0.717, 1.165) is 75.1 Å². The molecule has 4 aromatic carbocycles. The molecule has 5 heterocycles. The minimum atomic E-state index is -3.16. The van der Waals surface area contributed by atoms with Gasteiger partial charge in [-0.3, -0.25) is 14.9 Å². The van der Waals surface area contributed by atoms with Crippen LogP contribution in [-0.2, 0) is 23.8 Å². The van der Waals surface area contributed by atoms with Crippen molar-refractivity contribution in [3.05, 3.63) is 121 Å². The molecule has 0 bridgehead atoms. The number of alkyl halides is 2. The molecule has 65 heavy (non-hydrogen) atoms. The monoisotopic (exact) mass is 886 g/mol. The third kappa shape index (κ3) is 9.37. The summed E-state index contributed by atoms with van der Waals surface area (Å²) in [7, 11) is 2.80. The van der Waals surface area contributed by atoms with Gasteiger partial charge in [0, 0.05) is 38.9 Å². The predicted molar refractivity (Wildman–Crippen MR) is 239 cm³/mol. The van der Waals surface area contributed by atoms with Crippen LogP contribution >= 0.6 is 0 Å². The number of ether oxygens (including phenoxy) is 3. The summed E-state index contributed by atoms with van der Waals surface area (Å²) >= 11 is 0. The van der Waals surface area contributed by atoms with E-state index in [2.05, 4.69) is 62.0 Å². The molecule has 0 spiro atoms. The molecule has 14 nitrogen and oxygen atoms in total. The summed E-state index contributed by atoms with van der Waals surface area (Å²) in [6, 6.07) is 26.2. The number of aromatic amines is 2. The second kappa shape index (κ2) is 18.9. The Labute approximate surface area is 375 Å². The van der Waals surface area contributed by atoms with Gasteiger partial charge in [0.05, 0.1) is 62.3 Å². The molecule has 4 unspecified atom stereocenters. The van der Waals surface area contributed by atoms with E-state index in [4.69, 9.17) is 19.2 Å². The molecule has 4 N–H and O–H groups in total. The van der Waals surface area contributed by atoms with E-state index in [0.29, 0.717) is 37.7 Å². The summed E-state index contributed by atoms with van der Waals surface area (Å²) in [6.45, 7) is 1.48. The highest BCUT2D eigenvalue weighted by molar-refractivity contribution is 5.91. The van der Waals surface area contributed by atoms with E-state index in [1.165, 1.54) is 7.11 Å². The van der Waals surface area contributed by atoms with Crippen molar-refractivity contribution in [2.75, 3.05) is 47.3 Å². The first-order valence-electron chi connectivity index (χ1n) is 22.0. The Morgan fingerprint density at radius 1 is 0.785 bits per heavy atom. The van der Waals surface area contributed by atoms with Gasteiger partial charge in [-0.15, -0.1) is 0 Å². The number of likely N-dealkylation sites (tertiary alicyclic amines) is 2. The number of alkyl carbamates (subject to hydrolysis) is 1. The topological polar surface area (TPSA) is 167 Å². The Hall–Kier alpha value is -6.49. The Kier molecular flexibility index (Phi) is 12.7. The van der Waals surface area contributed by atoms with Gasteiger partial charge in [0.1, 0.15) is 17.7 Å². The quantitative estimate of drug-likeness (QED) is 0.0843.